The van der Waals surface area contributed by atoms with Crippen LogP contribution in [-0.2, 0) is 22.4 Å². The number of sulfonamides is 1. The fraction of sp³-hybridized carbons (Fsp3) is 0.133. The summed E-state index contributed by atoms with van der Waals surface area (Å²) in [6, 6.07) is 3.13. The smallest absolute Gasteiger partial charge is 0.339 e. The molecular weight excluding hydrogens is 405 g/mol. The lowest BCUT2D eigenvalue weighted by atomic mass is 10.1. The molecular formula is C15H7F7N2O2S. The molecule has 0 saturated carbocycles. The van der Waals surface area contributed by atoms with Gasteiger partial charge in [0.2, 0.25) is 0 Å². The van der Waals surface area contributed by atoms with E-state index in [1.165, 1.54) is 0 Å². The standard InChI is InChI=1S/C15H7F7N2O2S/c16-9-1-2-12-11(6-9)13(24-27(12,25)26)23-10-4-7(14(17,18)19)3-8(5-10)15(20,21)22/h1-6H,(H,23,24). The van der Waals surface area contributed by atoms with Gasteiger partial charge >= 0.3 is 12.4 Å². The van der Waals surface area contributed by atoms with Crippen molar-refractivity contribution in [2.45, 2.75) is 17.2 Å². The second kappa shape index (κ2) is 5.94. The number of hydrogen-bond acceptors (Lipinski definition) is 3. The van der Waals surface area contributed by atoms with Crippen LogP contribution in [0.3, 0.4) is 0 Å². The van der Waals surface area contributed by atoms with Crippen molar-refractivity contribution in [3.8, 4) is 0 Å². The molecule has 1 aliphatic heterocycles. The van der Waals surface area contributed by atoms with Gasteiger partial charge in [-0.2, -0.15) is 34.8 Å². The Balaban J connectivity index is 2.11. The Bertz CT molecular complexity index is 1020. The number of hydrogen-bond donors (Lipinski definition) is 1. The van der Waals surface area contributed by atoms with Crippen LogP contribution in [0.25, 0.3) is 0 Å². The molecule has 0 aliphatic carbocycles. The third kappa shape index (κ3) is 3.75. The van der Waals surface area contributed by atoms with Crippen molar-refractivity contribution in [1.82, 2.24) is 0 Å². The molecule has 2 aromatic rings. The molecule has 0 bridgehead atoms. The van der Waals surface area contributed by atoms with Gasteiger partial charge in [0.05, 0.1) is 11.1 Å². The van der Waals surface area contributed by atoms with Crippen LogP contribution in [0.4, 0.5) is 36.4 Å². The van der Waals surface area contributed by atoms with Crippen molar-refractivity contribution < 1.29 is 39.2 Å². The van der Waals surface area contributed by atoms with E-state index < -0.39 is 55.7 Å². The fourth-order valence-electron chi connectivity index (χ4n) is 2.38. The van der Waals surface area contributed by atoms with Gasteiger partial charge in [-0.15, -0.1) is 4.40 Å². The third-order valence-electron chi connectivity index (χ3n) is 3.54. The lowest BCUT2D eigenvalue weighted by Crippen LogP contribution is -2.15. The van der Waals surface area contributed by atoms with E-state index in [4.69, 9.17) is 0 Å². The maximum Gasteiger partial charge on any atom is 0.416 e. The largest absolute Gasteiger partial charge is 0.416 e. The lowest BCUT2D eigenvalue weighted by molar-refractivity contribution is -0.143. The van der Waals surface area contributed by atoms with Gasteiger partial charge < -0.3 is 5.32 Å². The summed E-state index contributed by atoms with van der Waals surface area (Å²) in [5, 5.41) is 2.11. The Hall–Kier alpha value is -2.63. The highest BCUT2D eigenvalue weighted by molar-refractivity contribution is 7.90. The predicted octanol–water partition coefficient (Wildman–Crippen LogP) is 4.42. The summed E-state index contributed by atoms with van der Waals surface area (Å²) in [4.78, 5) is -0.422. The molecule has 1 aliphatic rings. The highest BCUT2D eigenvalue weighted by Gasteiger charge is 2.37. The Kier molecular flexibility index (Phi) is 4.21. The molecule has 0 saturated heterocycles. The van der Waals surface area contributed by atoms with Crippen molar-refractivity contribution in [1.29, 1.82) is 0 Å². The number of rotatable bonds is 1. The molecule has 4 nitrogen and oxygen atoms in total. The van der Waals surface area contributed by atoms with Crippen LogP contribution in [0.5, 0.6) is 0 Å². The summed E-state index contributed by atoms with van der Waals surface area (Å²) < 4.78 is 118. The molecule has 0 aromatic heterocycles. The first-order valence-corrected chi connectivity index (χ1v) is 8.43. The van der Waals surface area contributed by atoms with Crippen LogP contribution < -0.4 is 5.32 Å². The third-order valence-corrected chi connectivity index (χ3v) is 4.87. The molecule has 0 fully saturated rings. The lowest BCUT2D eigenvalue weighted by Gasteiger charge is -2.15. The summed E-state index contributed by atoms with van der Waals surface area (Å²) in [6.45, 7) is 0. The van der Waals surface area contributed by atoms with Crippen LogP contribution in [0.2, 0.25) is 0 Å². The van der Waals surface area contributed by atoms with E-state index in [0.717, 1.165) is 18.2 Å². The highest BCUT2D eigenvalue weighted by atomic mass is 32.2. The number of nitrogens with one attached hydrogen (secondary N) is 1. The number of halogens is 7. The minimum Gasteiger partial charge on any atom is -0.339 e. The topological polar surface area (TPSA) is 58.5 Å². The monoisotopic (exact) mass is 412 g/mol. The van der Waals surface area contributed by atoms with Gasteiger partial charge in [0.15, 0.2) is 5.84 Å². The molecule has 1 heterocycles. The molecule has 0 amide bonds. The van der Waals surface area contributed by atoms with Crippen LogP contribution >= 0.6 is 0 Å². The van der Waals surface area contributed by atoms with E-state index in [-0.39, 0.29) is 11.6 Å². The molecule has 12 heteroatoms. The minimum atomic E-state index is -5.08. The zero-order valence-corrected chi connectivity index (χ0v) is 13.6. The van der Waals surface area contributed by atoms with E-state index in [1.54, 1.807) is 0 Å². The average molecular weight is 412 g/mol. The molecule has 2 aromatic carbocycles. The Morgan fingerprint density at radius 2 is 1.41 bits per heavy atom. The maximum atomic E-state index is 13.4. The van der Waals surface area contributed by atoms with Gasteiger partial charge in [0.1, 0.15) is 10.7 Å². The van der Waals surface area contributed by atoms with Gasteiger partial charge in [-0.1, -0.05) is 0 Å². The molecule has 1 N–H and O–H groups in total. The number of benzene rings is 2. The van der Waals surface area contributed by atoms with Crippen molar-refractivity contribution in [3.05, 3.63) is 58.9 Å². The summed E-state index contributed by atoms with van der Waals surface area (Å²) in [7, 11) is -4.25. The van der Waals surface area contributed by atoms with Gasteiger partial charge in [-0.3, -0.25) is 0 Å². The Morgan fingerprint density at radius 1 is 0.852 bits per heavy atom. The number of alkyl halides is 6. The van der Waals surface area contributed by atoms with Gasteiger partial charge in [-0.25, -0.2) is 4.39 Å². The van der Waals surface area contributed by atoms with Crippen molar-refractivity contribution in [2.75, 3.05) is 5.32 Å². The van der Waals surface area contributed by atoms with Crippen molar-refractivity contribution in [2.24, 2.45) is 4.40 Å². The van der Waals surface area contributed by atoms with Crippen LogP contribution in [-0.4, -0.2) is 14.3 Å². The Morgan fingerprint density at radius 3 is 1.93 bits per heavy atom. The number of amidine groups is 1. The molecule has 3 rings (SSSR count). The number of nitrogens with zero attached hydrogens (tertiary/aromatic N) is 1. The minimum absolute atomic E-state index is 0.0774. The quantitative estimate of drug-likeness (QED) is 0.706. The summed E-state index contributed by atoms with van der Waals surface area (Å²) in [5.41, 5.74) is -4.20. The zero-order chi connectivity index (χ0) is 20.2. The normalized spacial score (nSPS) is 16.0. The summed E-state index contributed by atoms with van der Waals surface area (Å²) >= 11 is 0. The molecule has 0 spiro atoms. The molecule has 0 atom stereocenters. The molecule has 144 valence electrons. The van der Waals surface area contributed by atoms with Crippen LogP contribution in [0, 0.1) is 5.82 Å². The first-order valence-electron chi connectivity index (χ1n) is 6.99. The van der Waals surface area contributed by atoms with Crippen LogP contribution in [0.15, 0.2) is 45.7 Å². The SMILES string of the molecule is O=S1(=O)N=C(Nc2cc(C(F)(F)F)cc(C(F)(F)F)c2)c2cc(F)ccc21. The van der Waals surface area contributed by atoms with E-state index >= 15 is 0 Å². The maximum absolute atomic E-state index is 13.4. The van der Waals surface area contributed by atoms with E-state index in [9.17, 15) is 39.2 Å². The molecule has 27 heavy (non-hydrogen) atoms. The van der Waals surface area contributed by atoms with E-state index in [0.29, 0.717) is 12.1 Å². The van der Waals surface area contributed by atoms with Gasteiger partial charge in [0.25, 0.3) is 10.0 Å². The predicted molar refractivity (Wildman–Crippen MR) is 80.2 cm³/mol. The van der Waals surface area contributed by atoms with Crippen molar-refractivity contribution in [3.63, 3.8) is 0 Å². The summed E-state index contributed by atoms with van der Waals surface area (Å²) in [6.07, 6.45) is -10.2. The second-order valence-corrected chi connectivity index (χ2v) is 7.05. The second-order valence-electron chi connectivity index (χ2n) is 5.47. The van der Waals surface area contributed by atoms with Crippen LogP contribution in [0.1, 0.15) is 16.7 Å². The first kappa shape index (κ1) is 19.1. The highest BCUT2D eigenvalue weighted by Crippen LogP contribution is 2.38. The fourth-order valence-corrected chi connectivity index (χ4v) is 3.54. The van der Waals surface area contributed by atoms with Gasteiger partial charge in [0, 0.05) is 11.3 Å². The zero-order valence-electron chi connectivity index (χ0n) is 12.8. The number of fused-ring (bicyclic) bond motifs is 1. The van der Waals surface area contributed by atoms with Crippen molar-refractivity contribution >= 4 is 21.5 Å². The van der Waals surface area contributed by atoms with E-state index in [1.807, 2.05) is 0 Å². The average Bonchev–Trinajstić information content (AvgIpc) is 2.75. The molecule has 0 unspecified atom stereocenters. The first-order chi connectivity index (χ1) is 12.3. The van der Waals surface area contributed by atoms with E-state index in [2.05, 4.69) is 9.71 Å². The Labute approximate surface area is 147 Å². The van der Waals surface area contributed by atoms with Gasteiger partial charge in [-0.05, 0) is 36.4 Å². The number of anilines is 1. The molecule has 0 radical (unpaired) electrons. The summed E-state index contributed by atoms with van der Waals surface area (Å²) in [5.74, 6) is -1.45.